The van der Waals surface area contributed by atoms with Crippen LogP contribution >= 0.6 is 0 Å². The van der Waals surface area contributed by atoms with Crippen LogP contribution in [0.3, 0.4) is 0 Å². The summed E-state index contributed by atoms with van der Waals surface area (Å²) in [6.07, 6.45) is 0.784. The second-order valence-corrected chi connectivity index (χ2v) is 6.50. The van der Waals surface area contributed by atoms with E-state index >= 15 is 0 Å². The minimum atomic E-state index is -0.513. The van der Waals surface area contributed by atoms with Gasteiger partial charge in [-0.1, -0.05) is 67.5 Å². The van der Waals surface area contributed by atoms with E-state index in [9.17, 15) is 4.79 Å². The molecular formula is C20H22N2O3. The second-order valence-electron chi connectivity index (χ2n) is 6.50. The maximum absolute atomic E-state index is 12.1. The van der Waals surface area contributed by atoms with Gasteiger partial charge in [-0.25, -0.2) is 4.79 Å². The third-order valence-corrected chi connectivity index (χ3v) is 4.57. The third-order valence-electron chi connectivity index (χ3n) is 4.57. The van der Waals surface area contributed by atoms with E-state index in [2.05, 4.69) is 34.7 Å². The largest absolute Gasteiger partial charge is 0.449 e. The van der Waals surface area contributed by atoms with Gasteiger partial charge < -0.3 is 15.3 Å². The van der Waals surface area contributed by atoms with Crippen LogP contribution in [-0.2, 0) is 4.74 Å². The molecule has 1 aliphatic carbocycles. The molecule has 1 aliphatic rings. The first-order valence-electron chi connectivity index (χ1n) is 8.41. The van der Waals surface area contributed by atoms with Crippen LogP contribution in [0.25, 0.3) is 11.1 Å². The summed E-state index contributed by atoms with van der Waals surface area (Å²) in [6, 6.07) is 16.0. The number of ether oxygens (including phenoxy) is 1. The Morgan fingerprint density at radius 1 is 1.16 bits per heavy atom. The van der Waals surface area contributed by atoms with Gasteiger partial charge in [-0.15, -0.1) is 0 Å². The van der Waals surface area contributed by atoms with Crippen molar-refractivity contribution < 1.29 is 14.7 Å². The Labute approximate surface area is 147 Å². The molecule has 0 fully saturated rings. The van der Waals surface area contributed by atoms with Crippen LogP contribution in [0.1, 0.15) is 30.9 Å². The highest BCUT2D eigenvalue weighted by Gasteiger charge is 2.29. The number of oxime groups is 1. The lowest BCUT2D eigenvalue weighted by Gasteiger charge is -2.19. The fourth-order valence-electron chi connectivity index (χ4n) is 3.22. The minimum Gasteiger partial charge on any atom is -0.449 e. The Kier molecular flexibility index (Phi) is 5.03. The molecule has 0 radical (unpaired) electrons. The molecule has 0 heterocycles. The number of carbonyl (C=O) groups excluding carboxylic acids is 1. The Morgan fingerprint density at radius 2 is 1.72 bits per heavy atom. The molecule has 0 aromatic heterocycles. The maximum Gasteiger partial charge on any atom is 0.407 e. The van der Waals surface area contributed by atoms with Gasteiger partial charge in [0.15, 0.2) is 0 Å². The molecule has 0 aliphatic heterocycles. The van der Waals surface area contributed by atoms with Crippen molar-refractivity contribution >= 4 is 12.3 Å². The van der Waals surface area contributed by atoms with Gasteiger partial charge in [-0.05, 0) is 28.2 Å². The van der Waals surface area contributed by atoms with E-state index in [4.69, 9.17) is 9.94 Å². The van der Waals surface area contributed by atoms with Crippen LogP contribution in [0.5, 0.6) is 0 Å². The van der Waals surface area contributed by atoms with Crippen molar-refractivity contribution in [1.29, 1.82) is 0 Å². The monoisotopic (exact) mass is 338 g/mol. The van der Waals surface area contributed by atoms with Crippen molar-refractivity contribution in [2.24, 2.45) is 11.1 Å². The smallest absolute Gasteiger partial charge is 0.407 e. The number of amides is 1. The summed E-state index contributed by atoms with van der Waals surface area (Å²) in [5.74, 6) is 0.124. The molecule has 2 aromatic rings. The Morgan fingerprint density at radius 3 is 2.24 bits per heavy atom. The van der Waals surface area contributed by atoms with Gasteiger partial charge in [-0.2, -0.15) is 0 Å². The van der Waals surface area contributed by atoms with E-state index in [-0.39, 0.29) is 24.5 Å². The van der Waals surface area contributed by atoms with Crippen molar-refractivity contribution in [3.05, 3.63) is 59.7 Å². The predicted molar refractivity (Wildman–Crippen MR) is 97.1 cm³/mol. The van der Waals surface area contributed by atoms with Crippen molar-refractivity contribution in [3.8, 4) is 11.1 Å². The number of nitrogens with one attached hydrogen (secondary N) is 1. The quantitative estimate of drug-likeness (QED) is 0.491. The van der Waals surface area contributed by atoms with Crippen LogP contribution in [0, 0.1) is 5.92 Å². The van der Waals surface area contributed by atoms with Crippen molar-refractivity contribution in [2.75, 3.05) is 6.61 Å². The van der Waals surface area contributed by atoms with E-state index in [0.29, 0.717) is 0 Å². The average molecular weight is 338 g/mol. The topological polar surface area (TPSA) is 70.9 Å². The van der Waals surface area contributed by atoms with Crippen LogP contribution in [0.15, 0.2) is 53.7 Å². The molecule has 3 rings (SSSR count). The molecule has 130 valence electrons. The average Bonchev–Trinajstić information content (AvgIpc) is 2.93. The highest BCUT2D eigenvalue weighted by atomic mass is 16.5. The Balaban J connectivity index is 1.72. The van der Waals surface area contributed by atoms with E-state index in [1.54, 1.807) is 0 Å². The molecule has 1 amide bonds. The van der Waals surface area contributed by atoms with Crippen molar-refractivity contribution in [2.45, 2.75) is 25.8 Å². The standard InChI is InChI=1S/C20H22N2O3/c1-13(2)19(11-21-24)22-20(23)25-12-18-16-9-5-3-7-14(16)15-8-4-6-10-17(15)18/h3-11,13,18-19,24H,12H2,1-2H3,(H,22,23)/b21-11+/t19-/m1/s1. The molecule has 0 saturated heterocycles. The van der Waals surface area contributed by atoms with E-state index < -0.39 is 6.09 Å². The fourth-order valence-corrected chi connectivity index (χ4v) is 3.22. The summed E-state index contributed by atoms with van der Waals surface area (Å²) in [4.78, 5) is 12.1. The Bertz CT molecular complexity index is 741. The summed E-state index contributed by atoms with van der Waals surface area (Å²) in [7, 11) is 0. The zero-order chi connectivity index (χ0) is 17.8. The van der Waals surface area contributed by atoms with Crippen LogP contribution in [0.2, 0.25) is 0 Å². The molecule has 0 bridgehead atoms. The third kappa shape index (κ3) is 3.50. The summed E-state index contributed by atoms with van der Waals surface area (Å²) < 4.78 is 5.47. The van der Waals surface area contributed by atoms with E-state index in [1.807, 2.05) is 38.1 Å². The van der Waals surface area contributed by atoms with E-state index in [0.717, 1.165) is 0 Å². The lowest BCUT2D eigenvalue weighted by atomic mass is 9.98. The SMILES string of the molecule is CC(C)[C@@H](/C=N/O)NC(=O)OCC1c2ccccc2-c2ccccc21. The molecule has 0 saturated carbocycles. The van der Waals surface area contributed by atoms with Crippen molar-refractivity contribution in [3.63, 3.8) is 0 Å². The lowest BCUT2D eigenvalue weighted by molar-refractivity contribution is 0.139. The van der Waals surface area contributed by atoms with E-state index in [1.165, 1.54) is 28.5 Å². The van der Waals surface area contributed by atoms with Crippen LogP contribution in [0.4, 0.5) is 4.79 Å². The fraction of sp³-hybridized carbons (Fsp3) is 0.300. The molecular weight excluding hydrogens is 316 g/mol. The number of rotatable bonds is 5. The first-order chi connectivity index (χ1) is 12.1. The zero-order valence-electron chi connectivity index (χ0n) is 14.3. The minimum absolute atomic E-state index is 0.0298. The van der Waals surface area contributed by atoms with Gasteiger partial charge in [0.2, 0.25) is 0 Å². The van der Waals surface area contributed by atoms with Gasteiger partial charge >= 0.3 is 6.09 Å². The summed E-state index contributed by atoms with van der Waals surface area (Å²) in [5, 5.41) is 14.4. The zero-order valence-corrected chi connectivity index (χ0v) is 14.3. The molecule has 1 atom stereocenters. The summed E-state index contributed by atoms with van der Waals surface area (Å²) >= 11 is 0. The van der Waals surface area contributed by atoms with Gasteiger partial charge in [-0.3, -0.25) is 0 Å². The first-order valence-corrected chi connectivity index (χ1v) is 8.41. The molecule has 25 heavy (non-hydrogen) atoms. The second kappa shape index (κ2) is 7.38. The summed E-state index contributed by atoms with van der Waals surface area (Å²) in [6.45, 7) is 4.12. The molecule has 0 unspecified atom stereocenters. The van der Waals surface area contributed by atoms with Gasteiger partial charge in [0.25, 0.3) is 0 Å². The molecule has 0 spiro atoms. The number of carbonyl (C=O) groups is 1. The highest BCUT2D eigenvalue weighted by molar-refractivity contribution is 5.79. The molecule has 5 nitrogen and oxygen atoms in total. The number of alkyl carbamates (subject to hydrolysis) is 1. The molecule has 2 N–H and O–H groups in total. The number of hydrogen-bond donors (Lipinski definition) is 2. The van der Waals surface area contributed by atoms with Crippen molar-refractivity contribution in [1.82, 2.24) is 5.32 Å². The maximum atomic E-state index is 12.1. The molecule has 2 aromatic carbocycles. The van der Waals surface area contributed by atoms with Gasteiger partial charge in [0.05, 0.1) is 12.3 Å². The lowest BCUT2D eigenvalue weighted by Crippen LogP contribution is -2.40. The normalized spacial score (nSPS) is 14.4. The van der Waals surface area contributed by atoms with Crippen LogP contribution < -0.4 is 5.32 Å². The number of hydrogen-bond acceptors (Lipinski definition) is 4. The summed E-state index contributed by atoms with van der Waals surface area (Å²) in [5.41, 5.74) is 4.74. The predicted octanol–water partition coefficient (Wildman–Crippen LogP) is 4.01. The number of benzene rings is 2. The first kappa shape index (κ1) is 17.0. The van der Waals surface area contributed by atoms with Gasteiger partial charge in [0.1, 0.15) is 6.61 Å². The molecule has 5 heteroatoms. The number of nitrogens with zero attached hydrogens (tertiary/aromatic N) is 1. The van der Waals surface area contributed by atoms with Gasteiger partial charge in [0, 0.05) is 5.92 Å². The number of fused-ring (bicyclic) bond motifs is 3. The highest BCUT2D eigenvalue weighted by Crippen LogP contribution is 2.44. The van der Waals surface area contributed by atoms with Crippen LogP contribution in [-0.4, -0.2) is 30.2 Å². The Hall–Kier alpha value is -2.82.